The van der Waals surface area contributed by atoms with Gasteiger partial charge in [-0.15, -0.1) is 0 Å². The van der Waals surface area contributed by atoms with Gasteiger partial charge in [-0.05, 0) is 13.0 Å². The second-order valence-electron chi connectivity index (χ2n) is 3.37. The second-order valence-corrected chi connectivity index (χ2v) is 3.37. The van der Waals surface area contributed by atoms with Gasteiger partial charge in [-0.1, -0.05) is 27.7 Å². The molecule has 0 N–H and O–H groups in total. The molecule has 1 fully saturated rings. The van der Waals surface area contributed by atoms with Gasteiger partial charge >= 0.3 is 0 Å². The van der Waals surface area contributed by atoms with Gasteiger partial charge in [0.15, 0.2) is 0 Å². The summed E-state index contributed by atoms with van der Waals surface area (Å²) in [6, 6.07) is 0.633. The molecule has 1 rings (SSSR count). The summed E-state index contributed by atoms with van der Waals surface area (Å²) < 4.78 is 5.37. The molecule has 1 aliphatic rings. The van der Waals surface area contributed by atoms with Gasteiger partial charge in [-0.25, -0.2) is 0 Å². The summed E-state index contributed by atoms with van der Waals surface area (Å²) in [5, 5.41) is 0. The van der Waals surface area contributed by atoms with E-state index in [1.807, 2.05) is 13.8 Å². The molecule has 0 bridgehead atoms. The lowest BCUT2D eigenvalue weighted by molar-refractivity contribution is -0.0111. The highest BCUT2D eigenvalue weighted by molar-refractivity contribution is 4.74. The van der Waals surface area contributed by atoms with Crippen molar-refractivity contribution in [2.45, 2.75) is 33.7 Å². The predicted octanol–water partition coefficient (Wildman–Crippen LogP) is 2.00. The van der Waals surface area contributed by atoms with Crippen molar-refractivity contribution in [2.75, 3.05) is 26.8 Å². The molecule has 1 heterocycles. The molecule has 2 nitrogen and oxygen atoms in total. The molecule has 0 amide bonds. The van der Waals surface area contributed by atoms with E-state index in [2.05, 4.69) is 25.8 Å². The summed E-state index contributed by atoms with van der Waals surface area (Å²) in [7, 11) is 2.17. The Kier molecular flexibility index (Phi) is 6.39. The number of likely N-dealkylation sites (N-methyl/N-ethyl adjacent to an activating group) is 1. The minimum atomic E-state index is 0.633. The smallest absolute Gasteiger partial charge is 0.0624 e. The van der Waals surface area contributed by atoms with E-state index < -0.39 is 0 Å². The normalized spacial score (nSPS) is 25.0. The Labute approximate surface area is 76.9 Å². The Morgan fingerprint density at radius 3 is 2.25 bits per heavy atom. The molecule has 2 heteroatoms. The summed E-state index contributed by atoms with van der Waals surface area (Å²) in [5.74, 6) is 0.713. The molecule has 0 aromatic heterocycles. The fourth-order valence-electron chi connectivity index (χ4n) is 1.41. The molecule has 0 spiro atoms. The Morgan fingerprint density at radius 2 is 1.92 bits per heavy atom. The molecule has 0 radical (unpaired) electrons. The maximum Gasteiger partial charge on any atom is 0.0624 e. The second kappa shape index (κ2) is 6.44. The van der Waals surface area contributed by atoms with Gasteiger partial charge in [-0.2, -0.15) is 0 Å². The third-order valence-corrected chi connectivity index (χ3v) is 2.21. The predicted molar refractivity (Wildman–Crippen MR) is 53.4 cm³/mol. The van der Waals surface area contributed by atoms with Crippen molar-refractivity contribution in [1.82, 2.24) is 4.90 Å². The molecule has 12 heavy (non-hydrogen) atoms. The standard InChI is InChI=1S/C8H17NO.C2H6/c1-7(2)8-6-10-5-4-9(8)3;1-2/h7-8H,4-6H2,1-3H3;1-2H3. The first-order valence-electron chi connectivity index (χ1n) is 5.00. The van der Waals surface area contributed by atoms with Gasteiger partial charge in [0.2, 0.25) is 0 Å². The molecule has 0 aliphatic carbocycles. The zero-order valence-corrected chi connectivity index (χ0v) is 9.13. The quantitative estimate of drug-likeness (QED) is 0.601. The summed E-state index contributed by atoms with van der Waals surface area (Å²) in [4.78, 5) is 2.38. The Morgan fingerprint density at radius 1 is 1.33 bits per heavy atom. The Bertz CT molecular complexity index is 104. The highest BCUT2D eigenvalue weighted by Crippen LogP contribution is 2.12. The first kappa shape index (κ1) is 11.9. The summed E-state index contributed by atoms with van der Waals surface area (Å²) in [6.07, 6.45) is 0. The van der Waals surface area contributed by atoms with Crippen molar-refractivity contribution >= 4 is 0 Å². The summed E-state index contributed by atoms with van der Waals surface area (Å²) in [5.41, 5.74) is 0. The van der Waals surface area contributed by atoms with E-state index >= 15 is 0 Å². The zero-order valence-electron chi connectivity index (χ0n) is 9.13. The van der Waals surface area contributed by atoms with Crippen molar-refractivity contribution < 1.29 is 4.74 Å². The van der Waals surface area contributed by atoms with Crippen LogP contribution in [0.3, 0.4) is 0 Å². The van der Waals surface area contributed by atoms with Crippen molar-refractivity contribution in [3.05, 3.63) is 0 Å². The molecular weight excluding hydrogens is 150 g/mol. The van der Waals surface area contributed by atoms with Gasteiger partial charge < -0.3 is 4.74 Å². The molecular formula is C10H23NO. The molecule has 1 atom stereocenters. The Balaban J connectivity index is 0.000000561. The number of hydrogen-bond acceptors (Lipinski definition) is 2. The highest BCUT2D eigenvalue weighted by atomic mass is 16.5. The average molecular weight is 173 g/mol. The first-order valence-corrected chi connectivity index (χ1v) is 5.00. The summed E-state index contributed by atoms with van der Waals surface area (Å²) in [6.45, 7) is 11.4. The van der Waals surface area contributed by atoms with E-state index in [0.29, 0.717) is 12.0 Å². The molecule has 0 aromatic rings. The van der Waals surface area contributed by atoms with Crippen LogP contribution in [0.4, 0.5) is 0 Å². The topological polar surface area (TPSA) is 12.5 Å². The van der Waals surface area contributed by atoms with Crippen molar-refractivity contribution in [3.8, 4) is 0 Å². The molecule has 1 saturated heterocycles. The van der Waals surface area contributed by atoms with Crippen molar-refractivity contribution in [3.63, 3.8) is 0 Å². The maximum absolute atomic E-state index is 5.37. The fraction of sp³-hybridized carbons (Fsp3) is 1.00. The van der Waals surface area contributed by atoms with Crippen molar-refractivity contribution in [1.29, 1.82) is 0 Å². The molecule has 0 aromatic carbocycles. The van der Waals surface area contributed by atoms with Crippen molar-refractivity contribution in [2.24, 2.45) is 5.92 Å². The lowest BCUT2D eigenvalue weighted by Gasteiger charge is -2.34. The van der Waals surface area contributed by atoms with Crippen LogP contribution in [0.5, 0.6) is 0 Å². The van der Waals surface area contributed by atoms with E-state index in [-0.39, 0.29) is 0 Å². The van der Waals surface area contributed by atoms with E-state index in [1.165, 1.54) is 0 Å². The SMILES string of the molecule is CC.CC(C)C1COCCN1C. The van der Waals surface area contributed by atoms with E-state index in [1.54, 1.807) is 0 Å². The van der Waals surface area contributed by atoms with Crippen LogP contribution in [0.1, 0.15) is 27.7 Å². The molecule has 1 unspecified atom stereocenters. The van der Waals surface area contributed by atoms with Gasteiger partial charge in [0, 0.05) is 12.6 Å². The minimum Gasteiger partial charge on any atom is -0.378 e. The maximum atomic E-state index is 5.37. The van der Waals surface area contributed by atoms with Crippen LogP contribution in [0.2, 0.25) is 0 Å². The number of ether oxygens (including phenoxy) is 1. The van der Waals surface area contributed by atoms with Gasteiger partial charge in [0.05, 0.1) is 13.2 Å². The summed E-state index contributed by atoms with van der Waals surface area (Å²) >= 11 is 0. The first-order chi connectivity index (χ1) is 5.72. The third-order valence-electron chi connectivity index (χ3n) is 2.21. The van der Waals surface area contributed by atoms with Gasteiger partial charge in [0.25, 0.3) is 0 Å². The van der Waals surface area contributed by atoms with Gasteiger partial charge in [-0.3, -0.25) is 4.90 Å². The minimum absolute atomic E-state index is 0.633. The van der Waals surface area contributed by atoms with E-state index in [0.717, 1.165) is 19.8 Å². The highest BCUT2D eigenvalue weighted by Gasteiger charge is 2.21. The number of rotatable bonds is 1. The van der Waals surface area contributed by atoms with Crippen LogP contribution in [0.15, 0.2) is 0 Å². The van der Waals surface area contributed by atoms with Crippen LogP contribution >= 0.6 is 0 Å². The molecule has 0 saturated carbocycles. The van der Waals surface area contributed by atoms with Crippen LogP contribution in [-0.4, -0.2) is 37.7 Å². The number of morpholine rings is 1. The zero-order chi connectivity index (χ0) is 9.56. The fourth-order valence-corrected chi connectivity index (χ4v) is 1.41. The third kappa shape index (κ3) is 3.55. The number of nitrogens with zero attached hydrogens (tertiary/aromatic N) is 1. The van der Waals surface area contributed by atoms with Crippen LogP contribution in [0.25, 0.3) is 0 Å². The van der Waals surface area contributed by atoms with Crippen LogP contribution < -0.4 is 0 Å². The van der Waals surface area contributed by atoms with E-state index in [4.69, 9.17) is 4.74 Å². The monoisotopic (exact) mass is 173 g/mol. The van der Waals surface area contributed by atoms with E-state index in [9.17, 15) is 0 Å². The average Bonchev–Trinajstić information content (AvgIpc) is 2.08. The molecule has 1 aliphatic heterocycles. The molecule has 74 valence electrons. The number of hydrogen-bond donors (Lipinski definition) is 0. The van der Waals surface area contributed by atoms with Gasteiger partial charge in [0.1, 0.15) is 0 Å². The van der Waals surface area contributed by atoms with Crippen LogP contribution in [0, 0.1) is 5.92 Å². The lowest BCUT2D eigenvalue weighted by atomic mass is 10.0. The van der Waals surface area contributed by atoms with Crippen LogP contribution in [-0.2, 0) is 4.74 Å². The Hall–Kier alpha value is -0.0800. The largest absolute Gasteiger partial charge is 0.378 e. The lowest BCUT2D eigenvalue weighted by Crippen LogP contribution is -2.45.